The summed E-state index contributed by atoms with van der Waals surface area (Å²) in [5, 5.41) is 3.90. The highest BCUT2D eigenvalue weighted by Crippen LogP contribution is 2.17. The molecule has 0 aliphatic heterocycles. The van der Waals surface area contributed by atoms with Crippen molar-refractivity contribution in [3.8, 4) is 5.75 Å². The number of ether oxygens (including phenoxy) is 1. The molecule has 5 heteroatoms. The number of hydrogen-bond acceptors (Lipinski definition) is 3. The van der Waals surface area contributed by atoms with Crippen molar-refractivity contribution >= 4 is 17.5 Å². The lowest BCUT2D eigenvalue weighted by Gasteiger charge is -2.16. The van der Waals surface area contributed by atoms with E-state index in [2.05, 4.69) is 5.32 Å². The number of nitrogens with two attached hydrogens (primary N) is 1. The standard InChI is InChI=1S/C22H21ClN2O2/c23-19-8-4-5-17(13-19)15-27-20-11-9-16(10-12-20)14-25-21(22(24)26)18-6-2-1-3-7-18/h1-13,21,25H,14-15H2,(H2,24,26). The normalized spacial score (nSPS) is 11.7. The Morgan fingerprint density at radius 3 is 2.37 bits per heavy atom. The summed E-state index contributed by atoms with van der Waals surface area (Å²) in [6.45, 7) is 0.979. The smallest absolute Gasteiger partial charge is 0.239 e. The van der Waals surface area contributed by atoms with Gasteiger partial charge in [0.1, 0.15) is 18.4 Å². The van der Waals surface area contributed by atoms with Crippen molar-refractivity contribution in [2.75, 3.05) is 0 Å². The fourth-order valence-electron chi connectivity index (χ4n) is 2.75. The average molecular weight is 381 g/mol. The van der Waals surface area contributed by atoms with Crippen LogP contribution in [0, 0.1) is 0 Å². The molecule has 27 heavy (non-hydrogen) atoms. The number of benzene rings is 3. The summed E-state index contributed by atoms with van der Waals surface area (Å²) in [6.07, 6.45) is 0. The summed E-state index contributed by atoms with van der Waals surface area (Å²) in [6, 6.07) is 24.3. The molecule has 0 aliphatic carbocycles. The van der Waals surface area contributed by atoms with E-state index in [-0.39, 0.29) is 0 Å². The first kappa shape index (κ1) is 19.0. The molecule has 3 N–H and O–H groups in total. The molecule has 1 amide bonds. The third-order valence-electron chi connectivity index (χ3n) is 4.15. The number of carbonyl (C=O) groups is 1. The molecular formula is C22H21ClN2O2. The predicted octanol–water partition coefficient (Wildman–Crippen LogP) is 4.24. The summed E-state index contributed by atoms with van der Waals surface area (Å²) in [5.41, 5.74) is 8.43. The Hall–Kier alpha value is -2.82. The number of carbonyl (C=O) groups excluding carboxylic acids is 1. The number of halogens is 1. The van der Waals surface area contributed by atoms with E-state index in [1.165, 1.54) is 0 Å². The molecule has 138 valence electrons. The molecule has 0 saturated heterocycles. The van der Waals surface area contributed by atoms with E-state index >= 15 is 0 Å². The molecule has 0 bridgehead atoms. The lowest BCUT2D eigenvalue weighted by Crippen LogP contribution is -2.33. The Labute approximate surface area is 163 Å². The van der Waals surface area contributed by atoms with Gasteiger partial charge in [0.25, 0.3) is 0 Å². The van der Waals surface area contributed by atoms with Gasteiger partial charge < -0.3 is 10.5 Å². The Kier molecular flexibility index (Phi) is 6.47. The summed E-state index contributed by atoms with van der Waals surface area (Å²) in [7, 11) is 0. The zero-order valence-corrected chi connectivity index (χ0v) is 15.5. The van der Waals surface area contributed by atoms with Crippen LogP contribution in [0.25, 0.3) is 0 Å². The van der Waals surface area contributed by atoms with Crippen LogP contribution in [-0.4, -0.2) is 5.91 Å². The van der Waals surface area contributed by atoms with Gasteiger partial charge in [0.15, 0.2) is 0 Å². The van der Waals surface area contributed by atoms with Gasteiger partial charge in [-0.1, -0.05) is 66.2 Å². The van der Waals surface area contributed by atoms with E-state index in [1.807, 2.05) is 78.9 Å². The average Bonchev–Trinajstić information content (AvgIpc) is 2.68. The Bertz CT molecular complexity index is 882. The summed E-state index contributed by atoms with van der Waals surface area (Å²) >= 11 is 5.98. The van der Waals surface area contributed by atoms with Gasteiger partial charge in [-0.3, -0.25) is 10.1 Å². The van der Waals surface area contributed by atoms with Crippen molar-refractivity contribution in [2.24, 2.45) is 5.73 Å². The zero-order chi connectivity index (χ0) is 19.1. The number of nitrogens with one attached hydrogen (secondary N) is 1. The maximum Gasteiger partial charge on any atom is 0.239 e. The number of amides is 1. The largest absolute Gasteiger partial charge is 0.489 e. The molecule has 1 unspecified atom stereocenters. The predicted molar refractivity (Wildman–Crippen MR) is 107 cm³/mol. The van der Waals surface area contributed by atoms with E-state index < -0.39 is 11.9 Å². The topological polar surface area (TPSA) is 64.4 Å². The maximum atomic E-state index is 11.7. The molecule has 0 aliphatic rings. The second-order valence-corrected chi connectivity index (χ2v) is 6.63. The lowest BCUT2D eigenvalue weighted by atomic mass is 10.1. The SMILES string of the molecule is NC(=O)C(NCc1ccc(OCc2cccc(Cl)c2)cc1)c1ccccc1. The van der Waals surface area contributed by atoms with Crippen LogP contribution in [0.1, 0.15) is 22.7 Å². The minimum atomic E-state index is -0.523. The van der Waals surface area contributed by atoms with E-state index in [0.29, 0.717) is 18.2 Å². The van der Waals surface area contributed by atoms with Gasteiger partial charge in [0, 0.05) is 11.6 Å². The van der Waals surface area contributed by atoms with Crippen molar-refractivity contribution in [3.05, 3.63) is 101 Å². The Balaban J connectivity index is 1.56. The molecule has 3 rings (SSSR count). The summed E-state index contributed by atoms with van der Waals surface area (Å²) < 4.78 is 5.78. The molecule has 1 atom stereocenters. The van der Waals surface area contributed by atoms with Gasteiger partial charge in [0.2, 0.25) is 5.91 Å². The molecule has 0 radical (unpaired) electrons. The van der Waals surface area contributed by atoms with Crippen LogP contribution in [0.15, 0.2) is 78.9 Å². The highest BCUT2D eigenvalue weighted by molar-refractivity contribution is 6.30. The third kappa shape index (κ3) is 5.58. The molecule has 4 nitrogen and oxygen atoms in total. The van der Waals surface area contributed by atoms with Crippen molar-refractivity contribution in [1.29, 1.82) is 0 Å². The highest BCUT2D eigenvalue weighted by Gasteiger charge is 2.16. The van der Waals surface area contributed by atoms with Gasteiger partial charge in [-0.15, -0.1) is 0 Å². The molecule has 0 fully saturated rings. The third-order valence-corrected chi connectivity index (χ3v) is 4.38. The molecule has 0 spiro atoms. The second-order valence-electron chi connectivity index (χ2n) is 6.19. The van der Waals surface area contributed by atoms with Crippen LogP contribution in [0.3, 0.4) is 0 Å². The van der Waals surface area contributed by atoms with Crippen molar-refractivity contribution in [3.63, 3.8) is 0 Å². The molecule has 3 aromatic carbocycles. The zero-order valence-electron chi connectivity index (χ0n) is 14.8. The molecule has 0 heterocycles. The van der Waals surface area contributed by atoms with Crippen molar-refractivity contribution in [2.45, 2.75) is 19.2 Å². The lowest BCUT2D eigenvalue weighted by molar-refractivity contribution is -0.120. The number of primary amides is 1. The van der Waals surface area contributed by atoms with E-state index in [1.54, 1.807) is 0 Å². The molecule has 0 aromatic heterocycles. The van der Waals surface area contributed by atoms with Crippen LogP contribution in [-0.2, 0) is 17.9 Å². The summed E-state index contributed by atoms with van der Waals surface area (Å²) in [4.78, 5) is 11.7. The van der Waals surface area contributed by atoms with E-state index in [9.17, 15) is 4.79 Å². The van der Waals surface area contributed by atoms with Gasteiger partial charge in [-0.25, -0.2) is 0 Å². The maximum absolute atomic E-state index is 11.7. The minimum absolute atomic E-state index is 0.400. The molecular weight excluding hydrogens is 360 g/mol. The van der Waals surface area contributed by atoms with Gasteiger partial charge in [-0.2, -0.15) is 0 Å². The first-order valence-corrected chi connectivity index (χ1v) is 9.03. The second kappa shape index (κ2) is 9.21. The quantitative estimate of drug-likeness (QED) is 0.614. The molecule has 3 aromatic rings. The summed E-state index contributed by atoms with van der Waals surface area (Å²) in [5.74, 6) is 0.371. The van der Waals surface area contributed by atoms with Crippen molar-refractivity contribution < 1.29 is 9.53 Å². The molecule has 0 saturated carbocycles. The van der Waals surface area contributed by atoms with Crippen molar-refractivity contribution in [1.82, 2.24) is 5.32 Å². The van der Waals surface area contributed by atoms with E-state index in [0.717, 1.165) is 22.4 Å². The van der Waals surface area contributed by atoms with Gasteiger partial charge in [-0.05, 0) is 41.0 Å². The first-order chi connectivity index (χ1) is 13.1. The minimum Gasteiger partial charge on any atom is -0.489 e. The van der Waals surface area contributed by atoms with Crippen LogP contribution in [0.5, 0.6) is 5.75 Å². The fraction of sp³-hybridized carbons (Fsp3) is 0.136. The van der Waals surface area contributed by atoms with Crippen LogP contribution < -0.4 is 15.8 Å². The van der Waals surface area contributed by atoms with Crippen LogP contribution in [0.4, 0.5) is 0 Å². The fourth-order valence-corrected chi connectivity index (χ4v) is 2.96. The Morgan fingerprint density at radius 2 is 1.70 bits per heavy atom. The Morgan fingerprint density at radius 1 is 0.963 bits per heavy atom. The van der Waals surface area contributed by atoms with Crippen LogP contribution in [0.2, 0.25) is 5.02 Å². The highest BCUT2D eigenvalue weighted by atomic mass is 35.5. The monoisotopic (exact) mass is 380 g/mol. The van der Waals surface area contributed by atoms with Gasteiger partial charge in [0.05, 0.1) is 0 Å². The number of rotatable bonds is 8. The first-order valence-electron chi connectivity index (χ1n) is 8.65. The van der Waals surface area contributed by atoms with Gasteiger partial charge >= 0.3 is 0 Å². The number of hydrogen-bond donors (Lipinski definition) is 2. The van der Waals surface area contributed by atoms with E-state index in [4.69, 9.17) is 22.1 Å². The van der Waals surface area contributed by atoms with Crippen LogP contribution >= 0.6 is 11.6 Å².